The molecule has 13 heteroatoms. The number of hydrogen-bond acceptors (Lipinski definition) is 8. The summed E-state index contributed by atoms with van der Waals surface area (Å²) in [5.41, 5.74) is 11.6. The Morgan fingerprint density at radius 1 is 1.55 bits per heavy atom. The Balaban J connectivity index is 2.31. The summed E-state index contributed by atoms with van der Waals surface area (Å²) in [4.78, 5) is 11.0. The molecular weight excluding hydrogens is 348 g/mol. The van der Waals surface area contributed by atoms with Gasteiger partial charge in [0.25, 0.3) is 0 Å². The van der Waals surface area contributed by atoms with Crippen LogP contribution < -0.4 is 21.4 Å². The molecule has 1 aromatic heterocycles. The minimum atomic E-state index is -3.96. The zero-order valence-corrected chi connectivity index (χ0v) is 14.1. The van der Waals surface area contributed by atoms with Crippen molar-refractivity contribution in [3.8, 4) is 0 Å². The first kappa shape index (κ1) is 18.3. The van der Waals surface area contributed by atoms with Gasteiger partial charge in [-0.25, -0.2) is 15.1 Å². The molecule has 0 bridgehead atoms. The average molecular weight is 364 g/mol. The Bertz CT molecular complexity index is 675. The molecule has 0 aliphatic rings. The van der Waals surface area contributed by atoms with Gasteiger partial charge < -0.3 is 11.5 Å². The molecule has 0 atom stereocenters. The van der Waals surface area contributed by atoms with E-state index in [-0.39, 0.29) is 12.3 Å². The highest BCUT2D eigenvalue weighted by molar-refractivity contribution is 7.96. The molecule has 0 fully saturated rings. The monoisotopic (exact) mass is 364 g/mol. The number of aliphatic imine (C=N–C) groups is 1. The van der Waals surface area contributed by atoms with E-state index in [9.17, 15) is 8.42 Å². The number of thiazole rings is 1. The summed E-state index contributed by atoms with van der Waals surface area (Å²) >= 11 is 2.69. The van der Waals surface area contributed by atoms with Crippen LogP contribution in [0.15, 0.2) is 19.9 Å². The molecule has 0 unspecified atom stereocenters. The van der Waals surface area contributed by atoms with Crippen LogP contribution in [-0.4, -0.2) is 31.3 Å². The van der Waals surface area contributed by atoms with Crippen molar-refractivity contribution in [2.24, 2.45) is 31.1 Å². The zero-order chi connectivity index (χ0) is 16.6. The van der Waals surface area contributed by atoms with Crippen LogP contribution in [0.2, 0.25) is 0 Å². The number of aromatic nitrogens is 1. The van der Waals surface area contributed by atoms with Gasteiger partial charge in [0.2, 0.25) is 5.13 Å². The van der Waals surface area contributed by atoms with Crippen molar-refractivity contribution in [3.05, 3.63) is 11.1 Å². The second-order valence-corrected chi connectivity index (χ2v) is 6.68. The van der Waals surface area contributed by atoms with E-state index in [1.54, 1.807) is 6.92 Å². The van der Waals surface area contributed by atoms with E-state index in [0.29, 0.717) is 16.7 Å². The molecule has 0 saturated heterocycles. The Labute approximate surface area is 136 Å². The number of amidine groups is 2. The number of rotatable bonds is 8. The lowest BCUT2D eigenvalue weighted by molar-refractivity contribution is 0.599. The first-order valence-corrected chi connectivity index (χ1v) is 9.13. The first-order valence-electron chi connectivity index (χ1n) is 5.77. The van der Waals surface area contributed by atoms with Crippen LogP contribution in [-0.2, 0) is 16.0 Å². The molecule has 0 aliphatic heterocycles. The summed E-state index contributed by atoms with van der Waals surface area (Å²) in [7, 11) is -3.96. The van der Waals surface area contributed by atoms with Crippen molar-refractivity contribution in [2.45, 2.75) is 19.1 Å². The lowest BCUT2D eigenvalue weighted by atomic mass is 10.4. The number of hydrazone groups is 1. The zero-order valence-electron chi connectivity index (χ0n) is 11.6. The predicted octanol–water partition coefficient (Wildman–Crippen LogP) is -0.174. The molecule has 0 aliphatic carbocycles. The molecule has 1 aromatic rings. The highest BCUT2D eigenvalue weighted by atomic mass is 32.2. The fourth-order valence-corrected chi connectivity index (χ4v) is 2.85. The molecule has 0 radical (unpaired) electrons. The van der Waals surface area contributed by atoms with E-state index in [1.807, 2.05) is 5.38 Å². The van der Waals surface area contributed by atoms with Crippen LogP contribution in [0.25, 0.3) is 0 Å². The maximum Gasteiger partial charge on any atom is 0.318 e. The second-order valence-electron chi connectivity index (χ2n) is 3.87. The number of nitrogens with two attached hydrogens (primary N) is 3. The minimum absolute atomic E-state index is 0.0648. The molecular formula is C9H16N8O2S3. The van der Waals surface area contributed by atoms with Crippen LogP contribution in [0.3, 0.4) is 0 Å². The molecule has 10 nitrogen and oxygen atoms in total. The van der Waals surface area contributed by atoms with Crippen LogP contribution in [0.1, 0.15) is 19.0 Å². The standard InChI is InChI=1S/C9H16N8O2S3/c1-6(10)14-9-15-7(4-20-9)5-21-17-13-3-2-8(11)16-22(12,18)19/h3-4,17H,2,5H2,1H3,(H2,11,16)(H2,10,14,15)(H2,12,18,19)/b13-3+. The minimum Gasteiger partial charge on any atom is -0.387 e. The summed E-state index contributed by atoms with van der Waals surface area (Å²) in [6.07, 6.45) is 1.45. The highest BCUT2D eigenvalue weighted by Crippen LogP contribution is 2.20. The molecule has 22 heavy (non-hydrogen) atoms. The van der Waals surface area contributed by atoms with Gasteiger partial charge >= 0.3 is 10.2 Å². The molecule has 1 rings (SSSR count). The molecule has 0 aromatic carbocycles. The number of nitrogens with zero attached hydrogens (tertiary/aromatic N) is 4. The third-order valence-electron chi connectivity index (χ3n) is 1.79. The van der Waals surface area contributed by atoms with Crippen molar-refractivity contribution < 1.29 is 8.42 Å². The van der Waals surface area contributed by atoms with Gasteiger partial charge in [-0.3, -0.25) is 4.83 Å². The van der Waals surface area contributed by atoms with E-state index >= 15 is 0 Å². The summed E-state index contributed by atoms with van der Waals surface area (Å²) in [6, 6.07) is 0. The Morgan fingerprint density at radius 3 is 2.91 bits per heavy atom. The SMILES string of the molecule is C/C(N)=N\c1nc(CSN/N=C/C/C(N)=N/S(N)(=O)=O)cs1. The maximum absolute atomic E-state index is 10.6. The van der Waals surface area contributed by atoms with E-state index in [2.05, 4.69) is 24.3 Å². The molecule has 0 saturated carbocycles. The van der Waals surface area contributed by atoms with E-state index in [4.69, 9.17) is 16.6 Å². The van der Waals surface area contributed by atoms with E-state index in [0.717, 1.165) is 5.69 Å². The van der Waals surface area contributed by atoms with E-state index < -0.39 is 10.2 Å². The summed E-state index contributed by atoms with van der Waals surface area (Å²) in [6.45, 7) is 1.69. The Kier molecular flexibility index (Phi) is 7.23. The fourth-order valence-electron chi connectivity index (χ4n) is 1.09. The van der Waals surface area contributed by atoms with Gasteiger partial charge in [-0.05, 0) is 18.9 Å². The molecule has 122 valence electrons. The van der Waals surface area contributed by atoms with Gasteiger partial charge in [0.1, 0.15) is 5.84 Å². The predicted molar refractivity (Wildman–Crippen MR) is 91.3 cm³/mol. The van der Waals surface area contributed by atoms with E-state index in [1.165, 1.54) is 29.5 Å². The third-order valence-corrected chi connectivity index (χ3v) is 3.73. The van der Waals surface area contributed by atoms with Gasteiger partial charge in [0.05, 0.1) is 17.3 Å². The normalized spacial score (nSPS) is 13.7. The smallest absolute Gasteiger partial charge is 0.318 e. The lowest BCUT2D eigenvalue weighted by Gasteiger charge is -1.97. The van der Waals surface area contributed by atoms with Gasteiger partial charge in [0, 0.05) is 18.0 Å². The maximum atomic E-state index is 10.6. The number of nitrogens with one attached hydrogen (secondary N) is 1. The fraction of sp³-hybridized carbons (Fsp3) is 0.333. The highest BCUT2D eigenvalue weighted by Gasteiger charge is 2.01. The van der Waals surface area contributed by atoms with Crippen molar-refractivity contribution in [1.29, 1.82) is 0 Å². The number of hydrogen-bond donors (Lipinski definition) is 4. The van der Waals surface area contributed by atoms with Gasteiger partial charge in [-0.1, -0.05) is 0 Å². The quantitative estimate of drug-likeness (QED) is 0.163. The summed E-state index contributed by atoms with van der Waals surface area (Å²) in [5.74, 6) is 0.889. The Morgan fingerprint density at radius 2 is 2.27 bits per heavy atom. The van der Waals surface area contributed by atoms with Crippen molar-refractivity contribution in [1.82, 2.24) is 9.82 Å². The molecule has 0 spiro atoms. The molecule has 7 N–H and O–H groups in total. The summed E-state index contributed by atoms with van der Waals surface area (Å²) in [5, 5.41) is 11.0. The van der Waals surface area contributed by atoms with Crippen LogP contribution in [0.5, 0.6) is 0 Å². The lowest BCUT2D eigenvalue weighted by Crippen LogP contribution is -2.18. The molecule has 0 amide bonds. The largest absolute Gasteiger partial charge is 0.387 e. The van der Waals surface area contributed by atoms with Crippen molar-refractivity contribution in [2.75, 3.05) is 0 Å². The van der Waals surface area contributed by atoms with Gasteiger partial charge in [-0.2, -0.15) is 13.5 Å². The summed E-state index contributed by atoms with van der Waals surface area (Å²) < 4.78 is 24.3. The second kappa shape index (κ2) is 8.67. The third kappa shape index (κ3) is 8.56. The molecule has 1 heterocycles. The van der Waals surface area contributed by atoms with Gasteiger partial charge in [-0.15, -0.1) is 15.7 Å². The topological polar surface area (TPSA) is 174 Å². The van der Waals surface area contributed by atoms with Crippen LogP contribution in [0, 0.1) is 0 Å². The van der Waals surface area contributed by atoms with Crippen LogP contribution >= 0.6 is 23.3 Å². The van der Waals surface area contributed by atoms with Gasteiger partial charge in [0.15, 0.2) is 0 Å². The van der Waals surface area contributed by atoms with Crippen molar-refractivity contribution >= 4 is 56.5 Å². The van der Waals surface area contributed by atoms with Crippen LogP contribution in [0.4, 0.5) is 5.13 Å². The first-order chi connectivity index (χ1) is 10.3. The van der Waals surface area contributed by atoms with Crippen molar-refractivity contribution in [3.63, 3.8) is 0 Å². The Hall–Kier alpha value is -1.70. The average Bonchev–Trinajstić information content (AvgIpc) is 2.78.